The number of hydrogen-bond acceptors (Lipinski definition) is 24. The number of halogens is 1. The monoisotopic (exact) mass is 2090 g/mol. The number of morpholine rings is 1. The summed E-state index contributed by atoms with van der Waals surface area (Å²) in [6.45, 7) is 29.9. The Labute approximate surface area is 888 Å². The first-order valence-electron chi connectivity index (χ1n) is 52.3. The SMILES string of the molecule is C/C(=C\c1ccccc1)CN1CCC(Nc2ncc[nH]c2=O)CC1.C/C(=C\c1ccccc1)CN1CCC(Nc2nccn(-c3cccc(Br)c3)c2=O)CC1.C/C(=C\c1ccccc1)CN1CCC(Nc2nccn(-c3cccc(N4CCOCC4)c3)c2=O)CC1.C/C(=C\c1ccccc1)CN1CCC(Nc2nccn(-c3ccccn3)c2=O)CC1.CSCCn1ccnc(NC2CCN(C/C(C)=C/c3ccccc3)CC2)c1=O. The summed E-state index contributed by atoms with van der Waals surface area (Å²) in [6.07, 6.45) is 41.8. The van der Waals surface area contributed by atoms with Gasteiger partial charge in [0.25, 0.3) is 27.8 Å². The topological polar surface area (TPSA) is 287 Å². The largest absolute Gasteiger partial charge is 0.378 e. The molecule has 6 N–H and O–H groups in total. The quantitative estimate of drug-likeness (QED) is 0.0228. The lowest BCUT2D eigenvalue weighted by molar-refractivity contribution is 0.122. The van der Waals surface area contributed by atoms with Gasteiger partial charge in [-0.15, -0.1) is 0 Å². The zero-order chi connectivity index (χ0) is 104. The average Bonchev–Trinajstić information content (AvgIpc) is 0.810. The van der Waals surface area contributed by atoms with Gasteiger partial charge in [-0.25, -0.2) is 29.9 Å². The van der Waals surface area contributed by atoms with Gasteiger partial charge in [-0.2, -0.15) is 11.8 Å². The molecule has 0 atom stereocenters. The Morgan fingerprint density at radius 2 is 0.658 bits per heavy atom. The molecule has 13 aromatic rings. The highest BCUT2D eigenvalue weighted by Crippen LogP contribution is 2.27. The van der Waals surface area contributed by atoms with E-state index >= 15 is 0 Å². The molecule has 6 fully saturated rings. The van der Waals surface area contributed by atoms with Crippen LogP contribution in [0.3, 0.4) is 0 Å². The summed E-state index contributed by atoms with van der Waals surface area (Å²) in [7, 11) is 0. The normalized spacial score (nSPS) is 16.6. The Morgan fingerprint density at radius 1 is 0.342 bits per heavy atom. The van der Waals surface area contributed by atoms with E-state index < -0.39 is 0 Å². The fourth-order valence-electron chi connectivity index (χ4n) is 19.6. The second kappa shape index (κ2) is 57.7. The summed E-state index contributed by atoms with van der Waals surface area (Å²) < 4.78 is 13.0. The van der Waals surface area contributed by atoms with Crippen LogP contribution in [0.1, 0.15) is 127 Å². The van der Waals surface area contributed by atoms with E-state index in [0.29, 0.717) is 47.0 Å². The number of pyridine rings is 1. The smallest absolute Gasteiger partial charge is 0.299 e. The molecule has 6 aliphatic rings. The maximum absolute atomic E-state index is 13.3. The van der Waals surface area contributed by atoms with Crippen molar-refractivity contribution in [1.29, 1.82) is 0 Å². The van der Waals surface area contributed by atoms with Crippen LogP contribution in [0, 0.1) is 0 Å². The Balaban J connectivity index is 0.000000140. The van der Waals surface area contributed by atoms with Crippen molar-refractivity contribution >= 4 is 92.8 Å². The number of nitrogens with one attached hydrogen (secondary N) is 6. The first-order chi connectivity index (χ1) is 72.8. The van der Waals surface area contributed by atoms with Crippen molar-refractivity contribution < 1.29 is 4.74 Å². The highest BCUT2D eigenvalue weighted by molar-refractivity contribution is 9.10. The minimum absolute atomic E-state index is 0.0133. The van der Waals surface area contributed by atoms with Crippen LogP contribution >= 0.6 is 27.7 Å². The molecule has 778 valence electrons. The minimum atomic E-state index is -0.166. The molecule has 19 rings (SSSR count). The van der Waals surface area contributed by atoms with Crippen LogP contribution in [0.2, 0.25) is 0 Å². The molecule has 0 bridgehead atoms. The zero-order valence-corrected chi connectivity index (χ0v) is 89.1. The van der Waals surface area contributed by atoms with Gasteiger partial charge >= 0.3 is 0 Å². The molecule has 28 nitrogen and oxygen atoms in total. The molecule has 0 amide bonds. The third kappa shape index (κ3) is 34.9. The Bertz CT molecular complexity index is 6810. The predicted molar refractivity (Wildman–Crippen MR) is 616 cm³/mol. The highest BCUT2D eigenvalue weighted by atomic mass is 79.9. The number of likely N-dealkylation sites (tertiary alicyclic amines) is 5. The van der Waals surface area contributed by atoms with Gasteiger partial charge < -0.3 is 45.8 Å². The van der Waals surface area contributed by atoms with Gasteiger partial charge in [-0.05, 0) is 181 Å². The maximum atomic E-state index is 13.3. The number of aryl methyl sites for hydroxylation is 1. The van der Waals surface area contributed by atoms with Crippen molar-refractivity contribution in [2.45, 2.75) is 136 Å². The van der Waals surface area contributed by atoms with Crippen LogP contribution in [-0.4, -0.2) is 244 Å². The predicted octanol–water partition coefficient (Wildman–Crippen LogP) is 19.0. The standard InChI is InChI=1S/C29H35N5O2.C25H27BrN4O.C24H27N5O.C22H30N4OS.C19H24N4O/c1-23(20-24-6-3-2-4-7-24)22-32-13-10-25(11-14-32)31-28-29(35)34(15-12-30-28)27-9-5-8-26(21-27)33-16-18-36-19-17-33;1-19(16-20-6-3-2-4-7-20)18-29-13-10-22(11-14-29)28-24-25(31)30(15-12-27-24)23-9-5-8-21(26)17-23;1-19(17-20-7-3-2-4-8-20)18-28-14-10-21(11-15-28)27-23-24(30)29(16-13-26-23)22-9-5-6-12-25-22;1-18(16-19-6-4-3-5-7-19)17-25-11-8-20(9-12-25)24-21-22(27)26(13-10-23-21)14-15-28-2;1-15(13-16-5-3-2-4-6-16)14-23-11-7-17(8-12-23)22-18-19(24)21-10-9-20-18/h2-9,12,15,20-21,25H,10-11,13-14,16-19,22H2,1H3,(H,30,31);2-9,12,15-17,22H,10-11,13-14,18H2,1H3,(H,27,28);2-9,12-13,16-17,21H,10-11,14-15,18H2,1H3,(H,26,27);3-7,10,13,16,20H,8-9,11-12,14-15,17H2,1-2H3,(H,23,24);2-6,9-10,13,17H,7-8,11-12,14H2,1H3,(H,20,22)(H,21,24)/b23-20+;19-16+;19-17+;18-16+;15-13+. The zero-order valence-electron chi connectivity index (χ0n) is 86.7. The Hall–Kier alpha value is -13.8. The Kier molecular flexibility index (Phi) is 42.3. The van der Waals surface area contributed by atoms with E-state index in [4.69, 9.17) is 4.74 Å². The van der Waals surface area contributed by atoms with Crippen molar-refractivity contribution in [2.75, 3.05) is 168 Å². The lowest BCUT2D eigenvalue weighted by atomic mass is 10.0. The molecule has 0 aliphatic carbocycles. The second-order valence-electron chi connectivity index (χ2n) is 39.2. The fourth-order valence-corrected chi connectivity index (χ4v) is 20.3. The van der Waals surface area contributed by atoms with Gasteiger partial charge in [0.05, 0.1) is 18.9 Å². The first-order valence-corrected chi connectivity index (χ1v) is 54.4. The molecule has 0 unspecified atom stereocenters. The number of ether oxygens (including phenoxy) is 1. The van der Waals surface area contributed by atoms with Crippen LogP contribution in [0.15, 0.2) is 343 Å². The molecule has 6 aromatic heterocycles. The fraction of sp³-hybridized carbons (Fsp3) is 0.353. The van der Waals surface area contributed by atoms with E-state index in [1.54, 1.807) is 93.6 Å². The van der Waals surface area contributed by atoms with Crippen LogP contribution in [0.5, 0.6) is 0 Å². The van der Waals surface area contributed by atoms with Gasteiger partial charge in [-0.3, -0.25) is 62.2 Å². The van der Waals surface area contributed by atoms with E-state index in [2.05, 4.69) is 312 Å². The Morgan fingerprint density at radius 3 is 1.01 bits per heavy atom. The van der Waals surface area contributed by atoms with Gasteiger partial charge in [0, 0.05) is 238 Å². The number of aromatic amines is 1. The lowest BCUT2D eigenvalue weighted by Gasteiger charge is -2.32. The molecule has 6 aliphatic heterocycles. The van der Waals surface area contributed by atoms with Crippen LogP contribution in [0.4, 0.5) is 34.8 Å². The molecular weight excluding hydrogens is 1950 g/mol. The number of thioether (sulfide) groups is 1. The van der Waals surface area contributed by atoms with Crippen LogP contribution in [-0.2, 0) is 11.3 Å². The van der Waals surface area contributed by atoms with Crippen molar-refractivity contribution in [1.82, 2.24) is 77.7 Å². The number of nitrogens with zero attached hydrogens (tertiary/aromatic N) is 16. The number of H-pyrrole nitrogens is 1. The van der Waals surface area contributed by atoms with Gasteiger partial charge in [-0.1, -0.05) is 244 Å². The van der Waals surface area contributed by atoms with Crippen molar-refractivity contribution in [3.8, 4) is 17.2 Å². The van der Waals surface area contributed by atoms with Gasteiger partial charge in [0.2, 0.25) is 0 Å². The van der Waals surface area contributed by atoms with Gasteiger partial charge in [0.1, 0.15) is 5.82 Å². The van der Waals surface area contributed by atoms with E-state index in [1.807, 2.05) is 84.9 Å². The maximum Gasteiger partial charge on any atom is 0.299 e. The second-order valence-corrected chi connectivity index (χ2v) is 41.1. The van der Waals surface area contributed by atoms with E-state index in [9.17, 15) is 24.0 Å². The highest BCUT2D eigenvalue weighted by Gasteiger charge is 2.28. The molecule has 149 heavy (non-hydrogen) atoms. The summed E-state index contributed by atoms with van der Waals surface area (Å²) in [5.74, 6) is 3.68. The molecule has 30 heteroatoms. The summed E-state index contributed by atoms with van der Waals surface area (Å²) in [5, 5.41) is 16.8. The number of hydrogen-bond donors (Lipinski definition) is 6. The lowest BCUT2D eigenvalue weighted by Crippen LogP contribution is -2.41. The molecule has 0 radical (unpaired) electrons. The van der Waals surface area contributed by atoms with Crippen LogP contribution in [0.25, 0.3) is 47.6 Å². The van der Waals surface area contributed by atoms with E-state index in [0.717, 1.165) is 223 Å². The van der Waals surface area contributed by atoms with Crippen molar-refractivity contribution in [3.05, 3.63) is 398 Å². The third-order valence-corrected chi connectivity index (χ3v) is 28.3. The molecule has 6 saturated heterocycles. The third-order valence-electron chi connectivity index (χ3n) is 27.2. The molecular formula is C119H143BrN22O6S. The van der Waals surface area contributed by atoms with Crippen molar-refractivity contribution in [2.24, 2.45) is 0 Å². The minimum Gasteiger partial charge on any atom is -0.378 e. The summed E-state index contributed by atoms with van der Waals surface area (Å²) >= 11 is 5.21. The van der Waals surface area contributed by atoms with Crippen molar-refractivity contribution in [3.63, 3.8) is 0 Å². The number of anilines is 6. The number of benzene rings is 7. The summed E-state index contributed by atoms with van der Waals surface area (Å²) in [4.78, 5) is 106. The average molecular weight is 2090 g/mol. The first kappa shape index (κ1) is 109. The number of piperidine rings is 5. The molecule has 0 spiro atoms. The number of aromatic nitrogens is 11. The molecule has 0 saturated carbocycles. The summed E-state index contributed by atoms with van der Waals surface area (Å²) in [6, 6.07) is 75.0. The molecule has 7 aromatic carbocycles. The molecule has 12 heterocycles. The van der Waals surface area contributed by atoms with E-state index in [1.165, 1.54) is 60.2 Å². The van der Waals surface area contributed by atoms with E-state index in [-0.39, 0.29) is 45.9 Å². The summed E-state index contributed by atoms with van der Waals surface area (Å²) in [5.41, 5.74) is 15.3. The van der Waals surface area contributed by atoms with Crippen LogP contribution < -0.4 is 59.3 Å². The van der Waals surface area contributed by atoms with Gasteiger partial charge in [0.15, 0.2) is 29.1 Å². The number of rotatable bonds is 32.